The van der Waals surface area contributed by atoms with Gasteiger partial charge in [0.25, 0.3) is 0 Å². The van der Waals surface area contributed by atoms with Crippen LogP contribution in [0.4, 0.5) is 0 Å². The van der Waals surface area contributed by atoms with Gasteiger partial charge in [0.05, 0.1) is 0 Å². The zero-order valence-electron chi connectivity index (χ0n) is 55.3. The molecule has 19 aromatic rings. The number of aryl methyl sites for hydroxylation is 2. The Labute approximate surface area is 581 Å². The molecule has 0 heteroatoms. The molecule has 0 heterocycles. The van der Waals surface area contributed by atoms with Gasteiger partial charge in [-0.3, -0.25) is 0 Å². The van der Waals surface area contributed by atoms with Gasteiger partial charge in [0.15, 0.2) is 0 Å². The molecular formula is C100H66. The van der Waals surface area contributed by atoms with Crippen molar-refractivity contribution in [2.24, 2.45) is 0 Å². The molecule has 100 heavy (non-hydrogen) atoms. The number of benzene rings is 19. The fourth-order valence-electron chi connectivity index (χ4n) is 17.7. The molecule has 0 atom stereocenters. The van der Waals surface area contributed by atoms with Crippen LogP contribution in [0, 0.1) is 0 Å². The molecule has 19 aromatic carbocycles. The van der Waals surface area contributed by atoms with Crippen LogP contribution in [0.5, 0.6) is 0 Å². The van der Waals surface area contributed by atoms with Crippen molar-refractivity contribution in [1.82, 2.24) is 0 Å². The first-order valence-electron chi connectivity index (χ1n) is 35.4. The van der Waals surface area contributed by atoms with E-state index in [1.54, 1.807) is 0 Å². The van der Waals surface area contributed by atoms with Crippen LogP contribution in [0.25, 0.3) is 175 Å². The summed E-state index contributed by atoms with van der Waals surface area (Å²) in [4.78, 5) is 0. The standard InChI is InChI=1S/C50H32.C50H34/c1-2-15-35-31(11-1)12-10-22-36(35)39-29-30-44(38-17-4-3-16-37(38)39)49-40-18-5-7-20-42(40)50(43-21-8-6-19-41(43)49)46-28-26-34-24-23-32-13-9-14-33-25-27-45(46)48(34)47(32)33;1-2-15-33(16-3-1)34-29-31-36(32-30-34)47-39-20-6-10-24-43(39)49(44-25-11-7-21-40(44)47)50-45-26-12-8-22-41(45)48(42-23-9-13-27-46(42)50)38-28-14-18-35-17-4-5-19-37(35)38/h1-9,11,13-30H,10,12H2;1-13,15-17,19-32H,14,18H2. The average Bonchev–Trinajstić information content (AvgIpc) is 0.748. The molecule has 0 bridgehead atoms. The Morgan fingerprint density at radius 3 is 1.00 bits per heavy atom. The van der Waals surface area contributed by atoms with Crippen molar-refractivity contribution in [2.45, 2.75) is 25.7 Å². The van der Waals surface area contributed by atoms with E-state index in [0.29, 0.717) is 0 Å². The van der Waals surface area contributed by atoms with Crippen molar-refractivity contribution in [3.8, 4) is 55.6 Å². The summed E-state index contributed by atoms with van der Waals surface area (Å²) in [7, 11) is 0. The van der Waals surface area contributed by atoms with Crippen LogP contribution in [0.2, 0.25) is 0 Å². The summed E-state index contributed by atoms with van der Waals surface area (Å²) in [5.41, 5.74) is 23.8. The summed E-state index contributed by atoms with van der Waals surface area (Å²) in [6.07, 6.45) is 9.24. The molecule has 0 saturated heterocycles. The van der Waals surface area contributed by atoms with Gasteiger partial charge in [-0.2, -0.15) is 0 Å². The van der Waals surface area contributed by atoms with E-state index >= 15 is 0 Å². The molecule has 0 nitrogen and oxygen atoms in total. The Hall–Kier alpha value is -12.5. The minimum absolute atomic E-state index is 1.06. The monoisotopic (exact) mass is 1270 g/mol. The summed E-state index contributed by atoms with van der Waals surface area (Å²) < 4.78 is 0. The molecule has 0 radical (unpaired) electrons. The molecule has 0 amide bonds. The quantitative estimate of drug-likeness (QED) is 0.110. The third kappa shape index (κ3) is 9.14. The van der Waals surface area contributed by atoms with Crippen molar-refractivity contribution >= 4 is 119 Å². The lowest BCUT2D eigenvalue weighted by Gasteiger charge is -2.24. The van der Waals surface area contributed by atoms with Gasteiger partial charge in [-0.25, -0.2) is 0 Å². The average molecular weight is 1270 g/mol. The molecule has 0 N–H and O–H groups in total. The van der Waals surface area contributed by atoms with Gasteiger partial charge in [0.2, 0.25) is 0 Å². The van der Waals surface area contributed by atoms with Gasteiger partial charge in [0.1, 0.15) is 0 Å². The van der Waals surface area contributed by atoms with Crippen LogP contribution >= 0.6 is 0 Å². The van der Waals surface area contributed by atoms with E-state index in [2.05, 4.69) is 352 Å². The summed E-state index contributed by atoms with van der Waals surface area (Å²) in [6, 6.07) is 126. The van der Waals surface area contributed by atoms with Crippen LogP contribution in [0.3, 0.4) is 0 Å². The number of allylic oxidation sites excluding steroid dienone is 2. The fraction of sp³-hybridized carbons (Fsp3) is 0.0400. The largest absolute Gasteiger partial charge is 0.0757 e. The highest BCUT2D eigenvalue weighted by molar-refractivity contribution is 6.32. The third-order valence-corrected chi connectivity index (χ3v) is 22.0. The molecule has 2 aliphatic carbocycles. The second kappa shape index (κ2) is 23.7. The van der Waals surface area contributed by atoms with Crippen molar-refractivity contribution in [3.05, 3.63) is 385 Å². The van der Waals surface area contributed by atoms with Gasteiger partial charge in [-0.05, 0) is 234 Å². The summed E-state index contributed by atoms with van der Waals surface area (Å²) >= 11 is 0. The number of fused-ring (bicyclic) bond motifs is 9. The van der Waals surface area contributed by atoms with Crippen molar-refractivity contribution in [1.29, 1.82) is 0 Å². The van der Waals surface area contributed by atoms with Crippen LogP contribution in [0.15, 0.2) is 352 Å². The van der Waals surface area contributed by atoms with Gasteiger partial charge in [-0.1, -0.05) is 352 Å². The van der Waals surface area contributed by atoms with E-state index < -0.39 is 0 Å². The van der Waals surface area contributed by atoms with E-state index in [4.69, 9.17) is 0 Å². The molecule has 0 spiro atoms. The highest BCUT2D eigenvalue weighted by Gasteiger charge is 2.27. The molecule has 0 unspecified atom stereocenters. The van der Waals surface area contributed by atoms with Crippen molar-refractivity contribution in [3.63, 3.8) is 0 Å². The lowest BCUT2D eigenvalue weighted by Crippen LogP contribution is -2.03. The van der Waals surface area contributed by atoms with Gasteiger partial charge >= 0.3 is 0 Å². The maximum Gasteiger partial charge on any atom is -0.00139 e. The first-order valence-corrected chi connectivity index (χ1v) is 35.4. The number of hydrogen-bond donors (Lipinski definition) is 0. The second-order valence-electron chi connectivity index (χ2n) is 27.3. The molecular weight excluding hydrogens is 1200 g/mol. The smallest absolute Gasteiger partial charge is 0.00139 e. The predicted molar refractivity (Wildman–Crippen MR) is 430 cm³/mol. The highest BCUT2D eigenvalue weighted by atomic mass is 14.3. The van der Waals surface area contributed by atoms with Crippen molar-refractivity contribution in [2.75, 3.05) is 0 Å². The molecule has 0 aromatic heterocycles. The van der Waals surface area contributed by atoms with Gasteiger partial charge in [-0.15, -0.1) is 0 Å². The van der Waals surface area contributed by atoms with E-state index in [9.17, 15) is 0 Å². The topological polar surface area (TPSA) is 0 Å². The maximum atomic E-state index is 2.47. The minimum atomic E-state index is 1.06. The van der Waals surface area contributed by atoms with E-state index in [1.807, 2.05) is 0 Å². The highest BCUT2D eigenvalue weighted by Crippen LogP contribution is 2.53. The Kier molecular flexibility index (Phi) is 13.7. The maximum absolute atomic E-state index is 2.47. The molecule has 0 fully saturated rings. The SMILES string of the molecule is C1=C(c2c3ccccc3c(-c3c4ccccc4c(-c4ccc(-c5ccccc5)cc4)c4ccccc34)c3ccccc23)c2ccccc2CC1.C1=C(c2ccc(-c3c4ccccc4c(-c4ccc5ccc6cccc7ccc4c5c67)c4ccccc34)c3ccccc23)c2ccccc2CC1. The first-order chi connectivity index (χ1) is 49.7. The second-order valence-corrected chi connectivity index (χ2v) is 27.3. The first kappa shape index (κ1) is 57.7. The Morgan fingerprint density at radius 1 is 0.160 bits per heavy atom. The molecule has 466 valence electrons. The molecule has 0 aliphatic heterocycles. The van der Waals surface area contributed by atoms with E-state index in [0.717, 1.165) is 25.7 Å². The van der Waals surface area contributed by atoms with Crippen LogP contribution in [-0.4, -0.2) is 0 Å². The van der Waals surface area contributed by atoms with Crippen LogP contribution in [-0.2, 0) is 12.8 Å². The minimum Gasteiger partial charge on any atom is -0.0757 e. The lowest BCUT2D eigenvalue weighted by molar-refractivity contribution is 0.978. The predicted octanol–water partition coefficient (Wildman–Crippen LogP) is 27.4. The van der Waals surface area contributed by atoms with Crippen LogP contribution in [0.1, 0.15) is 46.2 Å². The number of hydrogen-bond acceptors (Lipinski definition) is 0. The van der Waals surface area contributed by atoms with Crippen LogP contribution < -0.4 is 0 Å². The molecule has 2 aliphatic rings. The van der Waals surface area contributed by atoms with Gasteiger partial charge in [0, 0.05) is 0 Å². The Balaban J connectivity index is 0.000000135. The zero-order valence-corrected chi connectivity index (χ0v) is 55.3. The summed E-state index contributed by atoms with van der Waals surface area (Å²) in [5.74, 6) is 0. The summed E-state index contributed by atoms with van der Waals surface area (Å²) in [5, 5.41) is 25.9. The van der Waals surface area contributed by atoms with Crippen molar-refractivity contribution < 1.29 is 0 Å². The Morgan fingerprint density at radius 2 is 0.490 bits per heavy atom. The number of rotatable bonds is 7. The summed E-state index contributed by atoms with van der Waals surface area (Å²) in [6.45, 7) is 0. The third-order valence-electron chi connectivity index (χ3n) is 22.0. The molecule has 21 rings (SSSR count). The van der Waals surface area contributed by atoms with Gasteiger partial charge < -0.3 is 0 Å². The normalized spacial score (nSPS) is 13.0. The lowest BCUT2D eigenvalue weighted by atomic mass is 9.78. The molecule has 0 saturated carbocycles. The Bertz CT molecular complexity index is 6430. The van der Waals surface area contributed by atoms with E-state index in [-0.39, 0.29) is 0 Å². The zero-order chi connectivity index (χ0) is 65.8. The van der Waals surface area contributed by atoms with E-state index in [1.165, 1.54) is 208 Å². The fourth-order valence-corrected chi connectivity index (χ4v) is 17.7.